The largest absolute Gasteiger partial charge is 0.303 e. The maximum Gasteiger partial charge on any atom is 0.123 e. The highest BCUT2D eigenvalue weighted by atomic mass is 16.1. The Morgan fingerprint density at radius 2 is 2.20 bits per heavy atom. The van der Waals surface area contributed by atoms with Gasteiger partial charge in [-0.2, -0.15) is 0 Å². The summed E-state index contributed by atoms with van der Waals surface area (Å²) in [6, 6.07) is 0. The SMILES string of the molecule is CC(=CC1CC2CCC1C2)CC(C)C=O. The second kappa shape index (κ2) is 4.51. The first-order valence-electron chi connectivity index (χ1n) is 6.31. The molecule has 2 fully saturated rings. The van der Waals surface area contributed by atoms with Crippen LogP contribution < -0.4 is 0 Å². The van der Waals surface area contributed by atoms with Gasteiger partial charge in [-0.3, -0.25) is 0 Å². The Morgan fingerprint density at radius 3 is 2.73 bits per heavy atom. The van der Waals surface area contributed by atoms with Crippen LogP contribution in [-0.4, -0.2) is 6.29 Å². The molecule has 2 aliphatic rings. The van der Waals surface area contributed by atoms with Crippen molar-refractivity contribution in [2.24, 2.45) is 23.7 Å². The summed E-state index contributed by atoms with van der Waals surface area (Å²) < 4.78 is 0. The molecule has 2 bridgehead atoms. The number of aldehydes is 1. The molecule has 0 amide bonds. The first-order valence-corrected chi connectivity index (χ1v) is 6.31. The van der Waals surface area contributed by atoms with Gasteiger partial charge in [0.25, 0.3) is 0 Å². The van der Waals surface area contributed by atoms with E-state index in [1.807, 2.05) is 6.92 Å². The highest BCUT2D eigenvalue weighted by Crippen LogP contribution is 2.49. The van der Waals surface area contributed by atoms with E-state index in [1.54, 1.807) is 0 Å². The molecule has 0 spiro atoms. The van der Waals surface area contributed by atoms with Crippen molar-refractivity contribution in [3.8, 4) is 0 Å². The average molecular weight is 206 g/mol. The Balaban J connectivity index is 1.89. The average Bonchev–Trinajstić information content (AvgIpc) is 2.78. The van der Waals surface area contributed by atoms with E-state index in [2.05, 4.69) is 13.0 Å². The molecule has 1 heteroatoms. The number of carbonyl (C=O) groups is 1. The second-order valence-electron chi connectivity index (χ2n) is 5.67. The summed E-state index contributed by atoms with van der Waals surface area (Å²) in [6.07, 6.45) is 10.3. The first kappa shape index (κ1) is 10.9. The molecule has 0 aliphatic heterocycles. The van der Waals surface area contributed by atoms with Crippen molar-refractivity contribution in [2.45, 2.75) is 46.0 Å². The molecule has 0 aromatic rings. The molecular formula is C14H22O. The first-order chi connectivity index (χ1) is 7.19. The molecule has 84 valence electrons. The van der Waals surface area contributed by atoms with Crippen LogP contribution in [0, 0.1) is 23.7 Å². The quantitative estimate of drug-likeness (QED) is 0.507. The molecular weight excluding hydrogens is 184 g/mol. The van der Waals surface area contributed by atoms with Crippen molar-refractivity contribution in [1.29, 1.82) is 0 Å². The Kier molecular flexibility index (Phi) is 3.28. The van der Waals surface area contributed by atoms with Crippen LogP contribution in [0.5, 0.6) is 0 Å². The van der Waals surface area contributed by atoms with Gasteiger partial charge < -0.3 is 4.79 Å². The zero-order chi connectivity index (χ0) is 10.8. The molecule has 1 nitrogen and oxygen atoms in total. The Hall–Kier alpha value is -0.590. The summed E-state index contributed by atoms with van der Waals surface area (Å²) in [4.78, 5) is 10.6. The van der Waals surface area contributed by atoms with E-state index in [0.29, 0.717) is 0 Å². The summed E-state index contributed by atoms with van der Waals surface area (Å²) in [5, 5.41) is 0. The van der Waals surface area contributed by atoms with Crippen LogP contribution in [0.3, 0.4) is 0 Å². The van der Waals surface area contributed by atoms with Gasteiger partial charge >= 0.3 is 0 Å². The predicted molar refractivity (Wildman–Crippen MR) is 62.5 cm³/mol. The molecule has 0 heterocycles. The lowest BCUT2D eigenvalue weighted by molar-refractivity contribution is -0.110. The third kappa shape index (κ3) is 2.50. The van der Waals surface area contributed by atoms with Gasteiger partial charge in [0.15, 0.2) is 0 Å². The van der Waals surface area contributed by atoms with Crippen LogP contribution in [0.4, 0.5) is 0 Å². The van der Waals surface area contributed by atoms with Crippen LogP contribution in [0.15, 0.2) is 11.6 Å². The van der Waals surface area contributed by atoms with Crippen molar-refractivity contribution in [3.05, 3.63) is 11.6 Å². The van der Waals surface area contributed by atoms with Gasteiger partial charge in [-0.05, 0) is 50.4 Å². The van der Waals surface area contributed by atoms with Crippen LogP contribution >= 0.6 is 0 Å². The van der Waals surface area contributed by atoms with Gasteiger partial charge in [0.2, 0.25) is 0 Å². The highest BCUT2D eigenvalue weighted by Gasteiger charge is 2.38. The predicted octanol–water partition coefficient (Wildman–Crippen LogP) is 3.59. The lowest BCUT2D eigenvalue weighted by atomic mass is 9.86. The van der Waals surface area contributed by atoms with Crippen LogP contribution in [0.25, 0.3) is 0 Å². The van der Waals surface area contributed by atoms with E-state index in [1.165, 1.54) is 31.3 Å². The Labute approximate surface area is 92.9 Å². The van der Waals surface area contributed by atoms with Crippen molar-refractivity contribution >= 4 is 6.29 Å². The van der Waals surface area contributed by atoms with Gasteiger partial charge in [0, 0.05) is 5.92 Å². The lowest BCUT2D eigenvalue weighted by Gasteiger charge is -2.19. The third-order valence-electron chi connectivity index (χ3n) is 4.17. The third-order valence-corrected chi connectivity index (χ3v) is 4.17. The molecule has 2 aliphatic carbocycles. The van der Waals surface area contributed by atoms with Gasteiger partial charge in [-0.15, -0.1) is 0 Å². The van der Waals surface area contributed by atoms with E-state index in [-0.39, 0.29) is 5.92 Å². The Morgan fingerprint density at radius 1 is 1.40 bits per heavy atom. The molecule has 0 aromatic heterocycles. The summed E-state index contributed by atoms with van der Waals surface area (Å²) in [7, 11) is 0. The smallest absolute Gasteiger partial charge is 0.123 e. The number of hydrogen-bond acceptors (Lipinski definition) is 1. The minimum absolute atomic E-state index is 0.194. The Bertz CT molecular complexity index is 267. The fraction of sp³-hybridized carbons (Fsp3) is 0.786. The fourth-order valence-corrected chi connectivity index (χ4v) is 3.49. The van der Waals surface area contributed by atoms with E-state index >= 15 is 0 Å². The summed E-state index contributed by atoms with van der Waals surface area (Å²) in [6.45, 7) is 4.19. The second-order valence-corrected chi connectivity index (χ2v) is 5.67. The minimum Gasteiger partial charge on any atom is -0.303 e. The monoisotopic (exact) mass is 206 g/mol. The molecule has 2 saturated carbocycles. The number of carbonyl (C=O) groups excluding carboxylic acids is 1. The van der Waals surface area contributed by atoms with Gasteiger partial charge in [-0.25, -0.2) is 0 Å². The fourth-order valence-electron chi connectivity index (χ4n) is 3.49. The highest BCUT2D eigenvalue weighted by molar-refractivity contribution is 5.53. The molecule has 2 rings (SSSR count). The molecule has 0 radical (unpaired) electrons. The van der Waals surface area contributed by atoms with E-state index < -0.39 is 0 Å². The molecule has 0 aromatic carbocycles. The lowest BCUT2D eigenvalue weighted by Crippen LogP contribution is -2.08. The van der Waals surface area contributed by atoms with Crippen LogP contribution in [0.1, 0.15) is 46.0 Å². The standard InChI is InChI=1S/C14H22O/c1-10(5-11(2)9-15)6-14-8-12-3-4-13(14)7-12/h6,9,11-14H,3-5,7-8H2,1-2H3. The van der Waals surface area contributed by atoms with Crippen LogP contribution in [-0.2, 0) is 4.79 Å². The molecule has 4 unspecified atom stereocenters. The van der Waals surface area contributed by atoms with E-state index in [9.17, 15) is 4.79 Å². The number of rotatable bonds is 4. The normalized spacial score (nSPS) is 36.9. The van der Waals surface area contributed by atoms with E-state index in [4.69, 9.17) is 0 Å². The van der Waals surface area contributed by atoms with Gasteiger partial charge in [0.05, 0.1) is 0 Å². The summed E-state index contributed by atoms with van der Waals surface area (Å²) in [5.74, 6) is 3.02. The van der Waals surface area contributed by atoms with Gasteiger partial charge in [0.1, 0.15) is 6.29 Å². The summed E-state index contributed by atoms with van der Waals surface area (Å²) >= 11 is 0. The van der Waals surface area contributed by atoms with Crippen molar-refractivity contribution in [2.75, 3.05) is 0 Å². The zero-order valence-electron chi connectivity index (χ0n) is 9.91. The molecule has 0 saturated heterocycles. The zero-order valence-corrected chi connectivity index (χ0v) is 9.91. The minimum atomic E-state index is 0.194. The number of allylic oxidation sites excluding steroid dienone is 2. The van der Waals surface area contributed by atoms with E-state index in [0.717, 1.165) is 30.5 Å². The van der Waals surface area contributed by atoms with Crippen molar-refractivity contribution < 1.29 is 4.79 Å². The van der Waals surface area contributed by atoms with Gasteiger partial charge in [-0.1, -0.05) is 25.0 Å². The van der Waals surface area contributed by atoms with Crippen molar-refractivity contribution in [1.82, 2.24) is 0 Å². The molecule has 0 N–H and O–H groups in total. The summed E-state index contributed by atoms with van der Waals surface area (Å²) in [5.41, 5.74) is 1.42. The molecule has 4 atom stereocenters. The van der Waals surface area contributed by atoms with Crippen molar-refractivity contribution in [3.63, 3.8) is 0 Å². The maximum absolute atomic E-state index is 10.6. The maximum atomic E-state index is 10.6. The number of fused-ring (bicyclic) bond motifs is 2. The topological polar surface area (TPSA) is 17.1 Å². The van der Waals surface area contributed by atoms with Crippen LogP contribution in [0.2, 0.25) is 0 Å². The number of hydrogen-bond donors (Lipinski definition) is 0. The molecule has 15 heavy (non-hydrogen) atoms.